The minimum Gasteiger partial charge on any atom is -0.465 e. The van der Waals surface area contributed by atoms with Crippen molar-refractivity contribution >= 4 is 11.9 Å². The van der Waals surface area contributed by atoms with Gasteiger partial charge < -0.3 is 9.47 Å². The number of methoxy groups -OCH3 is 1. The first-order valence-electron chi connectivity index (χ1n) is 5.44. The molecule has 0 unspecified atom stereocenters. The maximum absolute atomic E-state index is 11.3. The van der Waals surface area contributed by atoms with Gasteiger partial charge >= 0.3 is 11.9 Å². The molecule has 4 nitrogen and oxygen atoms in total. The van der Waals surface area contributed by atoms with Gasteiger partial charge in [0.1, 0.15) is 6.61 Å². The number of rotatable bonds is 3. The van der Waals surface area contributed by atoms with Crippen molar-refractivity contribution in [2.45, 2.75) is 27.4 Å². The highest BCUT2D eigenvalue weighted by atomic mass is 16.5. The molecule has 0 aliphatic carbocycles. The summed E-state index contributed by atoms with van der Waals surface area (Å²) in [4.78, 5) is 21.9. The van der Waals surface area contributed by atoms with Gasteiger partial charge in [-0.1, -0.05) is 32.0 Å². The second kappa shape index (κ2) is 8.33. The minimum atomic E-state index is -0.433. The predicted molar refractivity (Wildman–Crippen MR) is 64.6 cm³/mol. The summed E-state index contributed by atoms with van der Waals surface area (Å²) in [6.07, 6.45) is 0. The van der Waals surface area contributed by atoms with E-state index in [-0.39, 0.29) is 12.6 Å². The lowest BCUT2D eigenvalue weighted by molar-refractivity contribution is -0.142. The smallest absolute Gasteiger partial charge is 0.338 e. The summed E-state index contributed by atoms with van der Waals surface area (Å²) < 4.78 is 9.42. The second-order valence-corrected chi connectivity index (χ2v) is 2.93. The first kappa shape index (κ1) is 15.2. The zero-order valence-electron chi connectivity index (χ0n) is 10.6. The van der Waals surface area contributed by atoms with E-state index in [9.17, 15) is 9.59 Å². The van der Waals surface area contributed by atoms with Crippen LogP contribution in [-0.4, -0.2) is 19.0 Å². The van der Waals surface area contributed by atoms with E-state index in [1.807, 2.05) is 13.8 Å². The van der Waals surface area contributed by atoms with E-state index in [0.29, 0.717) is 11.1 Å². The van der Waals surface area contributed by atoms with Gasteiger partial charge in [0, 0.05) is 12.5 Å². The van der Waals surface area contributed by atoms with Crippen LogP contribution in [0.3, 0.4) is 0 Å². The van der Waals surface area contributed by atoms with Gasteiger partial charge in [0.25, 0.3) is 0 Å². The van der Waals surface area contributed by atoms with Gasteiger partial charge in [-0.15, -0.1) is 0 Å². The monoisotopic (exact) mass is 238 g/mol. The van der Waals surface area contributed by atoms with E-state index >= 15 is 0 Å². The molecule has 0 atom stereocenters. The fraction of sp³-hybridized carbons (Fsp3) is 0.385. The Morgan fingerprint density at radius 3 is 2.29 bits per heavy atom. The third-order valence-electron chi connectivity index (χ3n) is 1.85. The Balaban J connectivity index is 0.00000121. The summed E-state index contributed by atoms with van der Waals surface area (Å²) in [6, 6.07) is 6.84. The molecule has 0 aromatic heterocycles. The van der Waals surface area contributed by atoms with Crippen LogP contribution in [0.4, 0.5) is 0 Å². The average molecular weight is 238 g/mol. The molecule has 1 rings (SSSR count). The molecule has 0 amide bonds. The van der Waals surface area contributed by atoms with Gasteiger partial charge in [0.05, 0.1) is 12.7 Å². The van der Waals surface area contributed by atoms with Crippen molar-refractivity contribution in [1.82, 2.24) is 0 Å². The van der Waals surface area contributed by atoms with Crippen LogP contribution < -0.4 is 0 Å². The van der Waals surface area contributed by atoms with Crippen LogP contribution in [-0.2, 0) is 20.9 Å². The molecular weight excluding hydrogens is 220 g/mol. The third-order valence-corrected chi connectivity index (χ3v) is 1.85. The van der Waals surface area contributed by atoms with Gasteiger partial charge in [0.2, 0.25) is 0 Å². The minimum absolute atomic E-state index is 0.0839. The number of carbonyl (C=O) groups excluding carboxylic acids is 2. The van der Waals surface area contributed by atoms with Gasteiger partial charge in [-0.3, -0.25) is 4.79 Å². The van der Waals surface area contributed by atoms with Crippen LogP contribution in [0.15, 0.2) is 24.3 Å². The second-order valence-electron chi connectivity index (χ2n) is 2.93. The largest absolute Gasteiger partial charge is 0.465 e. The molecule has 0 N–H and O–H groups in total. The molecule has 0 aliphatic heterocycles. The Bertz CT molecular complexity index is 371. The Morgan fingerprint density at radius 1 is 1.18 bits per heavy atom. The lowest BCUT2D eigenvalue weighted by Gasteiger charge is -2.07. The maximum atomic E-state index is 11.3. The van der Waals surface area contributed by atoms with Crippen molar-refractivity contribution in [2.24, 2.45) is 0 Å². The van der Waals surface area contributed by atoms with Gasteiger partial charge in [-0.2, -0.15) is 0 Å². The normalized spacial score (nSPS) is 8.71. The van der Waals surface area contributed by atoms with E-state index in [4.69, 9.17) is 4.74 Å². The van der Waals surface area contributed by atoms with E-state index < -0.39 is 5.97 Å². The van der Waals surface area contributed by atoms with E-state index in [0.717, 1.165) is 0 Å². The highest BCUT2D eigenvalue weighted by molar-refractivity contribution is 5.90. The highest BCUT2D eigenvalue weighted by Crippen LogP contribution is 2.11. The van der Waals surface area contributed by atoms with Crippen LogP contribution in [0.2, 0.25) is 0 Å². The van der Waals surface area contributed by atoms with E-state index in [2.05, 4.69) is 4.74 Å². The molecule has 1 aromatic rings. The molecule has 0 aliphatic rings. The fourth-order valence-electron chi connectivity index (χ4n) is 1.13. The molecule has 0 heterocycles. The van der Waals surface area contributed by atoms with E-state index in [1.165, 1.54) is 14.0 Å². The van der Waals surface area contributed by atoms with Crippen molar-refractivity contribution in [3.05, 3.63) is 35.4 Å². The molecule has 0 bridgehead atoms. The lowest BCUT2D eigenvalue weighted by atomic mass is 10.1. The van der Waals surface area contributed by atoms with Gasteiger partial charge in [-0.05, 0) is 6.07 Å². The van der Waals surface area contributed by atoms with Crippen LogP contribution in [0, 0.1) is 0 Å². The summed E-state index contributed by atoms with van der Waals surface area (Å²) in [5.74, 6) is -0.813. The number of hydrogen-bond acceptors (Lipinski definition) is 4. The molecule has 0 saturated carbocycles. The summed E-state index contributed by atoms with van der Waals surface area (Å²) in [6.45, 7) is 5.40. The summed E-state index contributed by atoms with van der Waals surface area (Å²) in [5, 5.41) is 0. The molecule has 0 radical (unpaired) electrons. The van der Waals surface area contributed by atoms with Crippen LogP contribution in [0.1, 0.15) is 36.7 Å². The molecular formula is C13H18O4. The zero-order chi connectivity index (χ0) is 13.3. The predicted octanol–water partition coefficient (Wildman–Crippen LogP) is 2.56. The topological polar surface area (TPSA) is 52.6 Å². The molecule has 94 valence electrons. The number of ether oxygens (including phenoxy) is 2. The Morgan fingerprint density at radius 2 is 1.76 bits per heavy atom. The summed E-state index contributed by atoms with van der Waals surface area (Å²) in [5.41, 5.74) is 1.06. The third kappa shape index (κ3) is 5.15. The Kier molecular flexibility index (Phi) is 7.43. The lowest BCUT2D eigenvalue weighted by Crippen LogP contribution is -2.08. The SMILES string of the molecule is CC.COC(=O)c1ccccc1COC(C)=O. The molecule has 0 spiro atoms. The summed E-state index contributed by atoms with van der Waals surface area (Å²) >= 11 is 0. The molecule has 0 fully saturated rings. The quantitative estimate of drug-likeness (QED) is 0.759. The Labute approximate surface area is 102 Å². The van der Waals surface area contributed by atoms with Crippen LogP contribution >= 0.6 is 0 Å². The first-order valence-corrected chi connectivity index (χ1v) is 5.44. The van der Waals surface area contributed by atoms with Crippen LogP contribution in [0.25, 0.3) is 0 Å². The van der Waals surface area contributed by atoms with Crippen LogP contribution in [0.5, 0.6) is 0 Å². The number of hydrogen-bond donors (Lipinski definition) is 0. The molecule has 17 heavy (non-hydrogen) atoms. The molecule has 1 aromatic carbocycles. The van der Waals surface area contributed by atoms with Gasteiger partial charge in [0.15, 0.2) is 0 Å². The van der Waals surface area contributed by atoms with E-state index in [1.54, 1.807) is 24.3 Å². The van der Waals surface area contributed by atoms with Crippen molar-refractivity contribution in [1.29, 1.82) is 0 Å². The molecule has 4 heteroatoms. The fourth-order valence-corrected chi connectivity index (χ4v) is 1.13. The number of benzene rings is 1. The highest BCUT2D eigenvalue weighted by Gasteiger charge is 2.11. The van der Waals surface area contributed by atoms with Crippen molar-refractivity contribution in [3.8, 4) is 0 Å². The standard InChI is InChI=1S/C11H12O4.C2H6/c1-8(12)15-7-9-5-3-4-6-10(9)11(13)14-2;1-2/h3-6H,7H2,1-2H3;1-2H3. The molecule has 0 saturated heterocycles. The number of carbonyl (C=O) groups is 2. The van der Waals surface area contributed by atoms with Crippen molar-refractivity contribution in [2.75, 3.05) is 7.11 Å². The Hall–Kier alpha value is -1.84. The van der Waals surface area contributed by atoms with Crippen molar-refractivity contribution in [3.63, 3.8) is 0 Å². The zero-order valence-corrected chi connectivity index (χ0v) is 10.6. The number of esters is 2. The maximum Gasteiger partial charge on any atom is 0.338 e. The van der Waals surface area contributed by atoms with Crippen molar-refractivity contribution < 1.29 is 19.1 Å². The summed E-state index contributed by atoms with van der Waals surface area (Å²) in [7, 11) is 1.31. The van der Waals surface area contributed by atoms with Gasteiger partial charge in [-0.25, -0.2) is 4.79 Å². The average Bonchev–Trinajstić information content (AvgIpc) is 2.38. The first-order chi connectivity index (χ1) is 8.15.